The van der Waals surface area contributed by atoms with E-state index < -0.39 is 0 Å². The van der Waals surface area contributed by atoms with Gasteiger partial charge in [-0.2, -0.15) is 0 Å². The van der Waals surface area contributed by atoms with Gasteiger partial charge in [0.05, 0.1) is 6.04 Å². The molecule has 140 valence electrons. The van der Waals surface area contributed by atoms with Crippen LogP contribution in [0.4, 0.5) is 5.69 Å². The number of hydrogen-bond donors (Lipinski definition) is 2. The lowest BCUT2D eigenvalue weighted by Gasteiger charge is -2.37. The molecule has 1 aromatic heterocycles. The van der Waals surface area contributed by atoms with E-state index in [0.29, 0.717) is 11.2 Å². The summed E-state index contributed by atoms with van der Waals surface area (Å²) >= 11 is 13.5. The lowest BCUT2D eigenvalue weighted by molar-refractivity contribution is 0.114. The minimum atomic E-state index is 0.338. The fourth-order valence-corrected chi connectivity index (χ4v) is 4.30. The largest absolute Gasteiger partial charge is 0.360 e. The van der Waals surface area contributed by atoms with Crippen molar-refractivity contribution in [2.75, 3.05) is 45.1 Å². The minimum absolute atomic E-state index is 0.338. The van der Waals surface area contributed by atoms with Crippen molar-refractivity contribution in [3.05, 3.63) is 51.2 Å². The highest BCUT2D eigenvalue weighted by Crippen LogP contribution is 2.26. The van der Waals surface area contributed by atoms with Gasteiger partial charge in [-0.3, -0.25) is 4.90 Å². The first kappa shape index (κ1) is 19.6. The second kappa shape index (κ2) is 9.15. The van der Waals surface area contributed by atoms with E-state index in [2.05, 4.69) is 45.0 Å². The van der Waals surface area contributed by atoms with Crippen LogP contribution in [0.1, 0.15) is 16.5 Å². The van der Waals surface area contributed by atoms with Gasteiger partial charge >= 0.3 is 0 Å². The van der Waals surface area contributed by atoms with Crippen LogP contribution in [0.25, 0.3) is 0 Å². The summed E-state index contributed by atoms with van der Waals surface area (Å²) in [5, 5.41) is 10.1. The Labute approximate surface area is 170 Å². The Morgan fingerprint density at radius 2 is 2.04 bits per heavy atom. The lowest BCUT2D eigenvalue weighted by Crippen LogP contribution is -2.48. The maximum atomic E-state index is 6.19. The predicted octanol–water partition coefficient (Wildman–Crippen LogP) is 3.99. The molecule has 2 heterocycles. The highest BCUT2D eigenvalue weighted by atomic mass is 35.5. The molecule has 7 heteroatoms. The number of halogens is 1. The Kier molecular flexibility index (Phi) is 6.89. The molecule has 0 bridgehead atoms. The maximum Gasteiger partial charge on any atom is 0.170 e. The van der Waals surface area contributed by atoms with Crippen LogP contribution in [0.15, 0.2) is 35.7 Å². The molecule has 4 nitrogen and oxygen atoms in total. The van der Waals surface area contributed by atoms with Crippen LogP contribution in [0.3, 0.4) is 0 Å². The molecule has 1 saturated heterocycles. The number of benzene rings is 1. The number of hydrogen-bond acceptors (Lipinski definition) is 4. The molecule has 0 unspecified atom stereocenters. The van der Waals surface area contributed by atoms with E-state index in [4.69, 9.17) is 23.8 Å². The van der Waals surface area contributed by atoms with E-state index in [1.807, 2.05) is 36.5 Å². The number of nitrogens with zero attached hydrogens (tertiary/aromatic N) is 2. The number of thiocarbonyl (C=S) groups is 1. The third-order valence-electron chi connectivity index (χ3n) is 4.74. The smallest absolute Gasteiger partial charge is 0.170 e. The highest BCUT2D eigenvalue weighted by Gasteiger charge is 2.24. The molecule has 26 heavy (non-hydrogen) atoms. The normalized spacial score (nSPS) is 17.0. The van der Waals surface area contributed by atoms with E-state index in [9.17, 15) is 0 Å². The zero-order valence-electron chi connectivity index (χ0n) is 15.2. The van der Waals surface area contributed by atoms with Crippen LogP contribution in [0.2, 0.25) is 5.02 Å². The van der Waals surface area contributed by atoms with Crippen molar-refractivity contribution in [3.8, 4) is 0 Å². The fraction of sp³-hybridized carbons (Fsp3) is 0.421. The Morgan fingerprint density at radius 1 is 1.27 bits per heavy atom. The van der Waals surface area contributed by atoms with E-state index in [1.165, 1.54) is 4.88 Å². The van der Waals surface area contributed by atoms with Crippen molar-refractivity contribution < 1.29 is 0 Å². The first-order chi connectivity index (χ1) is 12.5. The van der Waals surface area contributed by atoms with Crippen LogP contribution >= 0.6 is 35.2 Å². The quantitative estimate of drug-likeness (QED) is 0.730. The summed E-state index contributed by atoms with van der Waals surface area (Å²) in [5.41, 5.74) is 1.97. The summed E-state index contributed by atoms with van der Waals surface area (Å²) in [5.74, 6) is 0. The number of anilines is 1. The van der Waals surface area contributed by atoms with Gasteiger partial charge < -0.3 is 15.5 Å². The van der Waals surface area contributed by atoms with E-state index in [-0.39, 0.29) is 0 Å². The summed E-state index contributed by atoms with van der Waals surface area (Å²) < 4.78 is 0. The first-order valence-corrected chi connectivity index (χ1v) is 10.5. The number of likely N-dealkylation sites (N-methyl/N-ethyl adjacent to an activating group) is 1. The molecule has 0 radical (unpaired) electrons. The molecule has 2 aromatic rings. The molecule has 1 aromatic carbocycles. The fourth-order valence-electron chi connectivity index (χ4n) is 3.06. The number of nitrogens with one attached hydrogen (secondary N) is 2. The van der Waals surface area contributed by atoms with Crippen LogP contribution in [-0.4, -0.2) is 54.7 Å². The topological polar surface area (TPSA) is 30.5 Å². The second-order valence-electron chi connectivity index (χ2n) is 6.67. The Balaban J connectivity index is 1.60. The molecule has 2 N–H and O–H groups in total. The van der Waals surface area contributed by atoms with Crippen LogP contribution in [0.5, 0.6) is 0 Å². The molecule has 1 aliphatic rings. The third kappa shape index (κ3) is 5.18. The molecule has 1 aliphatic heterocycles. The van der Waals surface area contributed by atoms with Gasteiger partial charge in [0.2, 0.25) is 0 Å². The average Bonchev–Trinajstić information content (AvgIpc) is 3.14. The number of rotatable bonds is 5. The van der Waals surface area contributed by atoms with E-state index in [1.54, 1.807) is 0 Å². The molecule has 3 rings (SSSR count). The zero-order chi connectivity index (χ0) is 18.5. The average molecular weight is 409 g/mol. The number of piperazine rings is 1. The van der Waals surface area contributed by atoms with Gasteiger partial charge in [-0.05, 0) is 55.3 Å². The second-order valence-corrected chi connectivity index (χ2v) is 8.46. The standard InChI is InChI=1S/C19H25ClN4S2/c1-14-5-6-15(12-16(14)20)22-19(25)21-13-17(18-4-3-11-26-18)24-9-7-23(2)8-10-24/h3-6,11-12,17H,7-10,13H2,1-2H3,(H2,21,22,25)/t17-/m0/s1. The molecule has 0 spiro atoms. The SMILES string of the molecule is Cc1ccc(NC(=S)NC[C@@H](c2cccs2)N2CCN(C)CC2)cc1Cl. The summed E-state index contributed by atoms with van der Waals surface area (Å²) in [4.78, 5) is 6.30. The Bertz CT molecular complexity index is 727. The molecule has 0 saturated carbocycles. The minimum Gasteiger partial charge on any atom is -0.360 e. The van der Waals surface area contributed by atoms with Gasteiger partial charge in [0.15, 0.2) is 5.11 Å². The van der Waals surface area contributed by atoms with Gasteiger partial charge in [0.25, 0.3) is 0 Å². The van der Waals surface area contributed by atoms with Crippen molar-refractivity contribution in [1.82, 2.24) is 15.1 Å². The van der Waals surface area contributed by atoms with Gasteiger partial charge in [0.1, 0.15) is 0 Å². The zero-order valence-corrected chi connectivity index (χ0v) is 17.6. The molecular weight excluding hydrogens is 384 g/mol. The monoisotopic (exact) mass is 408 g/mol. The molecule has 0 amide bonds. The molecule has 1 atom stereocenters. The predicted molar refractivity (Wildman–Crippen MR) is 117 cm³/mol. The van der Waals surface area contributed by atoms with Gasteiger partial charge in [-0.25, -0.2) is 0 Å². The Hall–Kier alpha value is -1.18. The summed E-state index contributed by atoms with van der Waals surface area (Å²) in [6.07, 6.45) is 0. The van der Waals surface area contributed by atoms with E-state index in [0.717, 1.165) is 49.0 Å². The van der Waals surface area contributed by atoms with Crippen molar-refractivity contribution in [1.29, 1.82) is 0 Å². The van der Waals surface area contributed by atoms with E-state index >= 15 is 0 Å². The third-order valence-corrected chi connectivity index (χ3v) is 6.36. The van der Waals surface area contributed by atoms with Crippen LogP contribution in [0, 0.1) is 6.92 Å². The van der Waals surface area contributed by atoms with Crippen LogP contribution in [-0.2, 0) is 0 Å². The van der Waals surface area contributed by atoms with Gasteiger partial charge in [0, 0.05) is 48.3 Å². The molecule has 0 aliphatic carbocycles. The molecular formula is C19H25ClN4S2. The van der Waals surface area contributed by atoms with Crippen molar-refractivity contribution in [2.45, 2.75) is 13.0 Å². The van der Waals surface area contributed by atoms with Gasteiger partial charge in [-0.1, -0.05) is 23.7 Å². The summed E-state index contributed by atoms with van der Waals surface area (Å²) in [6, 6.07) is 10.6. The number of aryl methyl sites for hydroxylation is 1. The first-order valence-electron chi connectivity index (χ1n) is 8.80. The Morgan fingerprint density at radius 3 is 2.69 bits per heavy atom. The van der Waals surface area contributed by atoms with Crippen LogP contribution < -0.4 is 10.6 Å². The highest BCUT2D eigenvalue weighted by molar-refractivity contribution is 7.80. The van der Waals surface area contributed by atoms with Crippen molar-refractivity contribution >= 4 is 46.0 Å². The maximum absolute atomic E-state index is 6.19. The van der Waals surface area contributed by atoms with Crippen molar-refractivity contribution in [3.63, 3.8) is 0 Å². The van der Waals surface area contributed by atoms with Gasteiger partial charge in [-0.15, -0.1) is 11.3 Å². The van der Waals surface area contributed by atoms with Crippen molar-refractivity contribution in [2.24, 2.45) is 0 Å². The molecule has 1 fully saturated rings. The summed E-state index contributed by atoms with van der Waals surface area (Å²) in [7, 11) is 2.18. The lowest BCUT2D eigenvalue weighted by atomic mass is 10.1. The number of thiophene rings is 1. The summed E-state index contributed by atoms with van der Waals surface area (Å²) in [6.45, 7) is 7.14.